The maximum atomic E-state index is 13.3. The number of carbonyl (C=O) groups excluding carboxylic acids is 2. The molecule has 1 atom stereocenters. The fraction of sp³-hybridized carbons (Fsp3) is 0.120. The lowest BCUT2D eigenvalue weighted by Gasteiger charge is -2.18. The Balaban J connectivity index is 1.35. The molecule has 0 saturated carbocycles. The highest BCUT2D eigenvalue weighted by Crippen LogP contribution is 2.26. The number of benzene rings is 3. The number of hydrogen-bond donors (Lipinski definition) is 2. The first-order valence-electron chi connectivity index (χ1n) is 9.95. The predicted octanol–water partition coefficient (Wildman–Crippen LogP) is 5.07. The van der Waals surface area contributed by atoms with E-state index in [2.05, 4.69) is 10.6 Å². The molecule has 3 aromatic carbocycles. The van der Waals surface area contributed by atoms with Crippen LogP contribution < -0.4 is 10.6 Å². The number of hydrogen-bond acceptors (Lipinski definition) is 3. The number of amides is 2. The van der Waals surface area contributed by atoms with Crippen molar-refractivity contribution in [2.24, 2.45) is 0 Å². The van der Waals surface area contributed by atoms with Gasteiger partial charge in [-0.1, -0.05) is 48.5 Å². The van der Waals surface area contributed by atoms with Crippen molar-refractivity contribution in [3.8, 4) is 0 Å². The Kier molecular flexibility index (Phi) is 6.38. The Labute approximate surface area is 183 Å². The van der Waals surface area contributed by atoms with E-state index < -0.39 is 0 Å². The molecule has 0 fully saturated rings. The molecule has 0 radical (unpaired) electrons. The predicted molar refractivity (Wildman–Crippen MR) is 122 cm³/mol. The first kappa shape index (κ1) is 20.8. The second kappa shape index (κ2) is 9.53. The number of fused-ring (bicyclic) bond motifs is 1. The van der Waals surface area contributed by atoms with Crippen LogP contribution in [0, 0.1) is 5.82 Å². The maximum absolute atomic E-state index is 13.3. The van der Waals surface area contributed by atoms with E-state index in [4.69, 9.17) is 0 Å². The van der Waals surface area contributed by atoms with Gasteiger partial charge in [-0.15, -0.1) is 11.3 Å². The SMILES string of the molecule is O=C(CCNC(=O)c1ccc2ccccc2c1)NC(c1ccc(F)cc1)c1cccs1. The minimum Gasteiger partial charge on any atom is -0.352 e. The van der Waals surface area contributed by atoms with E-state index >= 15 is 0 Å². The molecule has 1 heterocycles. The highest BCUT2D eigenvalue weighted by atomic mass is 32.1. The van der Waals surface area contributed by atoms with Gasteiger partial charge in [-0.05, 0) is 52.0 Å². The number of carbonyl (C=O) groups is 2. The molecule has 2 N–H and O–H groups in total. The lowest BCUT2D eigenvalue weighted by Crippen LogP contribution is -2.33. The third kappa shape index (κ3) is 5.16. The molecule has 0 saturated heterocycles. The van der Waals surface area contributed by atoms with E-state index in [1.165, 1.54) is 23.5 Å². The van der Waals surface area contributed by atoms with Crippen molar-refractivity contribution >= 4 is 33.9 Å². The summed E-state index contributed by atoms with van der Waals surface area (Å²) in [5.41, 5.74) is 1.36. The molecule has 4 aromatic rings. The van der Waals surface area contributed by atoms with Gasteiger partial charge in [0.05, 0.1) is 6.04 Å². The van der Waals surface area contributed by atoms with E-state index in [1.807, 2.05) is 53.9 Å². The summed E-state index contributed by atoms with van der Waals surface area (Å²) in [5.74, 6) is -0.732. The molecule has 4 nitrogen and oxygen atoms in total. The number of halogens is 1. The quantitative estimate of drug-likeness (QED) is 0.429. The number of thiophene rings is 1. The monoisotopic (exact) mass is 432 g/mol. The zero-order valence-corrected chi connectivity index (χ0v) is 17.5. The van der Waals surface area contributed by atoms with Crippen LogP contribution in [0.4, 0.5) is 4.39 Å². The second-order valence-corrected chi connectivity index (χ2v) is 8.11. The van der Waals surface area contributed by atoms with Crippen LogP contribution in [0.25, 0.3) is 10.8 Å². The maximum Gasteiger partial charge on any atom is 0.251 e. The van der Waals surface area contributed by atoms with E-state index in [0.29, 0.717) is 5.56 Å². The van der Waals surface area contributed by atoms with Gasteiger partial charge in [0.25, 0.3) is 5.91 Å². The van der Waals surface area contributed by atoms with Crippen molar-refractivity contribution in [3.63, 3.8) is 0 Å². The summed E-state index contributed by atoms with van der Waals surface area (Å²) in [6, 6.07) is 22.9. The van der Waals surface area contributed by atoms with Gasteiger partial charge in [-0.25, -0.2) is 4.39 Å². The van der Waals surface area contributed by atoms with Crippen LogP contribution in [0.3, 0.4) is 0 Å². The molecule has 4 rings (SSSR count). The highest BCUT2D eigenvalue weighted by Gasteiger charge is 2.18. The van der Waals surface area contributed by atoms with Gasteiger partial charge in [0.2, 0.25) is 5.91 Å². The van der Waals surface area contributed by atoms with Gasteiger partial charge in [0.1, 0.15) is 5.82 Å². The average Bonchev–Trinajstić information content (AvgIpc) is 3.32. The van der Waals surface area contributed by atoms with Gasteiger partial charge in [0.15, 0.2) is 0 Å². The summed E-state index contributed by atoms with van der Waals surface area (Å²) in [7, 11) is 0. The summed E-state index contributed by atoms with van der Waals surface area (Å²) >= 11 is 1.52. The highest BCUT2D eigenvalue weighted by molar-refractivity contribution is 7.10. The fourth-order valence-corrected chi connectivity index (χ4v) is 4.19. The number of rotatable bonds is 7. The van der Waals surface area contributed by atoms with Crippen molar-refractivity contribution in [1.29, 1.82) is 0 Å². The molecule has 0 aliphatic carbocycles. The molecule has 0 bridgehead atoms. The van der Waals surface area contributed by atoms with Crippen LogP contribution in [0.5, 0.6) is 0 Å². The van der Waals surface area contributed by atoms with Crippen LogP contribution in [-0.2, 0) is 4.79 Å². The van der Waals surface area contributed by atoms with Crippen molar-refractivity contribution in [1.82, 2.24) is 10.6 Å². The van der Waals surface area contributed by atoms with Gasteiger partial charge >= 0.3 is 0 Å². The average molecular weight is 433 g/mol. The Morgan fingerprint density at radius 3 is 2.42 bits per heavy atom. The molecule has 2 amide bonds. The smallest absolute Gasteiger partial charge is 0.251 e. The standard InChI is InChI=1S/C25H21FN2O2S/c26-21-11-9-18(10-12-21)24(22-6-3-15-31-22)28-23(29)13-14-27-25(30)20-8-7-17-4-1-2-5-19(17)16-20/h1-12,15-16,24H,13-14H2,(H,27,30)(H,28,29). The molecule has 6 heteroatoms. The third-order valence-corrected chi connectivity index (χ3v) is 5.92. The van der Waals surface area contributed by atoms with Crippen molar-refractivity contribution in [2.45, 2.75) is 12.5 Å². The first-order chi connectivity index (χ1) is 15.1. The summed E-state index contributed by atoms with van der Waals surface area (Å²) in [6.07, 6.45) is 0.141. The minimum atomic E-state index is -0.357. The molecular weight excluding hydrogens is 411 g/mol. The molecule has 1 unspecified atom stereocenters. The van der Waals surface area contributed by atoms with Crippen molar-refractivity contribution in [3.05, 3.63) is 106 Å². The molecule has 0 spiro atoms. The fourth-order valence-electron chi connectivity index (χ4n) is 3.38. The largest absolute Gasteiger partial charge is 0.352 e. The van der Waals surface area contributed by atoms with E-state index in [9.17, 15) is 14.0 Å². The van der Waals surface area contributed by atoms with E-state index in [-0.39, 0.29) is 36.6 Å². The second-order valence-electron chi connectivity index (χ2n) is 7.14. The first-order valence-corrected chi connectivity index (χ1v) is 10.8. The molecular formula is C25H21FN2O2S. The molecule has 31 heavy (non-hydrogen) atoms. The van der Waals surface area contributed by atoms with Gasteiger partial charge in [-0.2, -0.15) is 0 Å². The topological polar surface area (TPSA) is 58.2 Å². The minimum absolute atomic E-state index is 0.141. The zero-order valence-electron chi connectivity index (χ0n) is 16.7. The Morgan fingerprint density at radius 2 is 1.68 bits per heavy atom. The normalized spacial score (nSPS) is 11.8. The van der Waals surface area contributed by atoms with Gasteiger partial charge in [0, 0.05) is 23.4 Å². The zero-order chi connectivity index (χ0) is 21.6. The van der Waals surface area contributed by atoms with Crippen molar-refractivity contribution < 1.29 is 14.0 Å². The summed E-state index contributed by atoms with van der Waals surface area (Å²) in [6.45, 7) is 0.220. The van der Waals surface area contributed by atoms with E-state index in [1.54, 1.807) is 18.2 Å². The molecule has 0 aliphatic rings. The summed E-state index contributed by atoms with van der Waals surface area (Å²) < 4.78 is 13.3. The molecule has 1 aromatic heterocycles. The van der Waals surface area contributed by atoms with Gasteiger partial charge in [-0.3, -0.25) is 9.59 Å². The van der Waals surface area contributed by atoms with Crippen LogP contribution in [0.2, 0.25) is 0 Å². The summed E-state index contributed by atoms with van der Waals surface area (Å²) in [5, 5.41) is 9.79. The van der Waals surface area contributed by atoms with Crippen LogP contribution in [0.15, 0.2) is 84.2 Å². The lowest BCUT2D eigenvalue weighted by molar-refractivity contribution is -0.121. The van der Waals surface area contributed by atoms with E-state index in [0.717, 1.165) is 21.2 Å². The molecule has 0 aliphatic heterocycles. The van der Waals surface area contributed by atoms with Crippen LogP contribution >= 0.6 is 11.3 Å². The summed E-state index contributed by atoms with van der Waals surface area (Å²) in [4.78, 5) is 26.0. The van der Waals surface area contributed by atoms with Crippen LogP contribution in [-0.4, -0.2) is 18.4 Å². The third-order valence-electron chi connectivity index (χ3n) is 4.99. The Hall–Kier alpha value is -3.51. The van der Waals surface area contributed by atoms with Crippen molar-refractivity contribution in [2.75, 3.05) is 6.54 Å². The number of nitrogens with one attached hydrogen (secondary N) is 2. The van der Waals surface area contributed by atoms with Crippen LogP contribution in [0.1, 0.15) is 33.3 Å². The van der Waals surface area contributed by atoms with Gasteiger partial charge < -0.3 is 10.6 Å². The molecule has 156 valence electrons. The Bertz CT molecular complexity index is 1190. The lowest BCUT2D eigenvalue weighted by atomic mass is 10.0. The Morgan fingerprint density at radius 1 is 0.903 bits per heavy atom.